The molecular weight excluding hydrogens is 254 g/mol. The maximum absolute atomic E-state index is 11.7. The Morgan fingerprint density at radius 2 is 2.05 bits per heavy atom. The number of carbonyl (C=O) groups excluding carboxylic acids is 2. The molecule has 19 heavy (non-hydrogen) atoms. The molecule has 1 aromatic rings. The maximum atomic E-state index is 11.7. The van der Waals surface area contributed by atoms with Gasteiger partial charge in [-0.3, -0.25) is 4.79 Å². The van der Waals surface area contributed by atoms with Crippen LogP contribution >= 0.6 is 0 Å². The summed E-state index contributed by atoms with van der Waals surface area (Å²) in [5, 5.41) is 9.13. The zero-order chi connectivity index (χ0) is 14.4. The highest BCUT2D eigenvalue weighted by Crippen LogP contribution is 2.09. The second-order valence-corrected chi connectivity index (χ2v) is 3.98. The summed E-state index contributed by atoms with van der Waals surface area (Å²) in [7, 11) is 0. The third-order valence-corrected chi connectivity index (χ3v) is 2.05. The van der Waals surface area contributed by atoms with Crippen LogP contribution in [0.3, 0.4) is 0 Å². The molecule has 0 spiro atoms. The molecule has 7 nitrogen and oxygen atoms in total. The minimum absolute atomic E-state index is 0.107. The third kappa shape index (κ3) is 4.74. The fraction of sp³-hybridized carbons (Fsp3) is 0.333. The molecule has 0 unspecified atom stereocenters. The number of ether oxygens (including phenoxy) is 1. The summed E-state index contributed by atoms with van der Waals surface area (Å²) in [6.45, 7) is 2.98. The molecule has 0 aliphatic heterocycles. The van der Waals surface area contributed by atoms with Crippen molar-refractivity contribution in [1.29, 1.82) is 0 Å². The lowest BCUT2D eigenvalue weighted by Crippen LogP contribution is -2.21. The van der Waals surface area contributed by atoms with Crippen molar-refractivity contribution in [2.45, 2.75) is 26.6 Å². The summed E-state index contributed by atoms with van der Waals surface area (Å²) in [4.78, 5) is 37.4. The van der Waals surface area contributed by atoms with E-state index < -0.39 is 22.9 Å². The lowest BCUT2D eigenvalue weighted by atomic mass is 10.1. The number of nitrogens with zero attached hydrogens (tertiary/aromatic N) is 1. The Kier molecular flexibility index (Phi) is 4.99. The van der Waals surface area contributed by atoms with Gasteiger partial charge in [0.15, 0.2) is 0 Å². The highest BCUT2D eigenvalue weighted by atomic mass is 16.9. The van der Waals surface area contributed by atoms with Crippen molar-refractivity contribution < 1.29 is 24.3 Å². The van der Waals surface area contributed by atoms with E-state index in [4.69, 9.17) is 4.74 Å². The molecule has 0 N–H and O–H groups in total. The second-order valence-electron chi connectivity index (χ2n) is 3.98. The molecule has 0 aliphatic carbocycles. The van der Waals surface area contributed by atoms with E-state index in [1.165, 1.54) is 18.2 Å². The van der Waals surface area contributed by atoms with E-state index in [1.807, 2.05) is 0 Å². The van der Waals surface area contributed by atoms with Crippen molar-refractivity contribution in [1.82, 2.24) is 0 Å². The number of esters is 1. The topological polar surface area (TPSA) is 95.7 Å². The fourth-order valence-electron chi connectivity index (χ4n) is 1.32. The number of rotatable bonds is 6. The van der Waals surface area contributed by atoms with Gasteiger partial charge in [-0.25, -0.2) is 4.79 Å². The summed E-state index contributed by atoms with van der Waals surface area (Å²) < 4.78 is 4.78. The van der Waals surface area contributed by atoms with Gasteiger partial charge in [0, 0.05) is 5.56 Å². The van der Waals surface area contributed by atoms with E-state index in [1.54, 1.807) is 19.9 Å². The normalized spacial score (nSPS) is 10.1. The van der Waals surface area contributed by atoms with Gasteiger partial charge in [0.1, 0.15) is 6.61 Å². The molecule has 0 heterocycles. The Morgan fingerprint density at radius 3 is 2.63 bits per heavy atom. The van der Waals surface area contributed by atoms with Gasteiger partial charge in [-0.2, -0.15) is 0 Å². The number of benzene rings is 1. The van der Waals surface area contributed by atoms with Crippen LogP contribution in [0.15, 0.2) is 24.3 Å². The SMILES string of the molecule is CC(C)OC(=O)C(=O)c1cccc(CO[N+](=O)[O-])c1. The zero-order valence-electron chi connectivity index (χ0n) is 10.5. The van der Waals surface area contributed by atoms with Crippen LogP contribution in [-0.2, 0) is 21.0 Å². The molecule has 1 rings (SSSR count). The lowest BCUT2D eigenvalue weighted by molar-refractivity contribution is -0.763. The summed E-state index contributed by atoms with van der Waals surface area (Å²) >= 11 is 0. The van der Waals surface area contributed by atoms with Gasteiger partial charge in [-0.15, -0.1) is 10.1 Å². The fourth-order valence-corrected chi connectivity index (χ4v) is 1.32. The van der Waals surface area contributed by atoms with Gasteiger partial charge in [0.2, 0.25) is 0 Å². The Hall–Kier alpha value is -2.44. The average Bonchev–Trinajstić information content (AvgIpc) is 2.35. The third-order valence-electron chi connectivity index (χ3n) is 2.05. The summed E-state index contributed by atoms with van der Waals surface area (Å²) in [5.41, 5.74) is 0.523. The van der Waals surface area contributed by atoms with Crippen LogP contribution in [0, 0.1) is 10.1 Å². The van der Waals surface area contributed by atoms with E-state index in [2.05, 4.69) is 4.84 Å². The van der Waals surface area contributed by atoms with Crippen LogP contribution in [0.4, 0.5) is 0 Å². The van der Waals surface area contributed by atoms with Crippen LogP contribution in [0.1, 0.15) is 29.8 Å². The molecule has 0 amide bonds. The Bertz CT molecular complexity index is 497. The molecule has 102 valence electrons. The van der Waals surface area contributed by atoms with Crippen molar-refractivity contribution in [3.63, 3.8) is 0 Å². The predicted octanol–water partition coefficient (Wildman–Crippen LogP) is 1.53. The standard InChI is InChI=1S/C12H13NO6/c1-8(2)19-12(15)11(14)10-5-3-4-9(6-10)7-18-13(16)17/h3-6,8H,7H2,1-2H3. The summed E-state index contributed by atoms with van der Waals surface area (Å²) in [6, 6.07) is 5.84. The first-order chi connectivity index (χ1) is 8.90. The minimum atomic E-state index is -0.956. The Balaban J connectivity index is 2.78. The van der Waals surface area contributed by atoms with Gasteiger partial charge >= 0.3 is 5.97 Å². The molecule has 0 fully saturated rings. The second kappa shape index (κ2) is 6.48. The number of hydrogen-bond donors (Lipinski definition) is 0. The minimum Gasteiger partial charge on any atom is -0.457 e. The molecular formula is C12H13NO6. The molecule has 0 radical (unpaired) electrons. The van der Waals surface area contributed by atoms with Crippen LogP contribution in [0.2, 0.25) is 0 Å². The van der Waals surface area contributed by atoms with Gasteiger partial charge < -0.3 is 9.57 Å². The number of ketones is 1. The van der Waals surface area contributed by atoms with Crippen LogP contribution in [0.25, 0.3) is 0 Å². The van der Waals surface area contributed by atoms with Crippen molar-refractivity contribution >= 4 is 11.8 Å². The monoisotopic (exact) mass is 267 g/mol. The van der Waals surface area contributed by atoms with Crippen molar-refractivity contribution in [2.75, 3.05) is 0 Å². The predicted molar refractivity (Wildman–Crippen MR) is 63.8 cm³/mol. The van der Waals surface area contributed by atoms with E-state index in [0.717, 1.165) is 0 Å². The average molecular weight is 267 g/mol. The Morgan fingerprint density at radius 1 is 1.37 bits per heavy atom. The first kappa shape index (κ1) is 14.6. The maximum Gasteiger partial charge on any atom is 0.379 e. The molecule has 0 saturated heterocycles. The van der Waals surface area contributed by atoms with E-state index >= 15 is 0 Å². The van der Waals surface area contributed by atoms with Gasteiger partial charge in [-0.05, 0) is 25.5 Å². The zero-order valence-corrected chi connectivity index (χ0v) is 10.5. The summed E-state index contributed by atoms with van der Waals surface area (Å²) in [5.74, 6) is -1.75. The van der Waals surface area contributed by atoms with E-state index in [9.17, 15) is 19.7 Å². The molecule has 0 atom stereocenters. The molecule has 0 bridgehead atoms. The highest BCUT2D eigenvalue weighted by Gasteiger charge is 2.19. The molecule has 7 heteroatoms. The first-order valence-corrected chi connectivity index (χ1v) is 5.51. The van der Waals surface area contributed by atoms with Crippen molar-refractivity contribution in [3.05, 3.63) is 45.5 Å². The largest absolute Gasteiger partial charge is 0.457 e. The molecule has 0 saturated carbocycles. The quantitative estimate of drug-likeness (QED) is 0.255. The number of hydrogen-bond acceptors (Lipinski definition) is 6. The highest BCUT2D eigenvalue weighted by molar-refractivity contribution is 6.40. The first-order valence-electron chi connectivity index (χ1n) is 5.51. The molecule has 0 aliphatic rings. The van der Waals surface area contributed by atoms with Crippen molar-refractivity contribution in [3.8, 4) is 0 Å². The van der Waals surface area contributed by atoms with E-state index in [0.29, 0.717) is 5.56 Å². The molecule has 1 aromatic carbocycles. The van der Waals surface area contributed by atoms with Gasteiger partial charge in [0.25, 0.3) is 10.9 Å². The van der Waals surface area contributed by atoms with Crippen LogP contribution in [0.5, 0.6) is 0 Å². The van der Waals surface area contributed by atoms with Gasteiger partial charge in [-0.1, -0.05) is 18.2 Å². The van der Waals surface area contributed by atoms with Crippen LogP contribution in [-0.4, -0.2) is 22.9 Å². The van der Waals surface area contributed by atoms with Gasteiger partial charge in [0.05, 0.1) is 6.10 Å². The number of Topliss-reactive ketones (excluding diaryl/α,β-unsaturated/α-hetero) is 1. The van der Waals surface area contributed by atoms with E-state index in [-0.39, 0.29) is 12.2 Å². The molecule has 0 aromatic heterocycles. The Labute approximate surface area is 109 Å². The van der Waals surface area contributed by atoms with Crippen molar-refractivity contribution in [2.24, 2.45) is 0 Å². The smallest absolute Gasteiger partial charge is 0.379 e. The number of carbonyl (C=O) groups is 2. The van der Waals surface area contributed by atoms with Crippen LogP contribution < -0.4 is 0 Å². The lowest BCUT2D eigenvalue weighted by Gasteiger charge is -2.07. The summed E-state index contributed by atoms with van der Waals surface area (Å²) in [6.07, 6.45) is -0.391.